The van der Waals surface area contributed by atoms with Crippen molar-refractivity contribution >= 4 is 24.7 Å². The van der Waals surface area contributed by atoms with Crippen LogP contribution < -0.4 is 11.3 Å². The van der Waals surface area contributed by atoms with Crippen LogP contribution in [0.5, 0.6) is 0 Å². The van der Waals surface area contributed by atoms with Gasteiger partial charge in [0.15, 0.2) is 11.2 Å². The highest BCUT2D eigenvalue weighted by Gasteiger charge is 2.41. The summed E-state index contributed by atoms with van der Waals surface area (Å²) >= 11 is 0. The number of nitrogens with two attached hydrogens (primary N) is 1. The quantitative estimate of drug-likeness (QED) is 0.562. The lowest BCUT2D eigenvalue weighted by Crippen LogP contribution is -2.33. The Morgan fingerprint density at radius 1 is 1.38 bits per heavy atom. The van der Waals surface area contributed by atoms with Gasteiger partial charge in [-0.15, -0.1) is 0 Å². The molecule has 4 N–H and O–H groups in total. The first-order chi connectivity index (χ1) is 13.6. The minimum atomic E-state index is -3.71. The van der Waals surface area contributed by atoms with Crippen molar-refractivity contribution in [2.75, 3.05) is 12.3 Å². The van der Waals surface area contributed by atoms with E-state index in [1.807, 2.05) is 0 Å². The lowest BCUT2D eigenvalue weighted by atomic mass is 10.1. The number of allylic oxidation sites excluding steroid dienone is 1. The third-order valence-electron chi connectivity index (χ3n) is 4.19. The number of nitrogen functional groups attached to an aromatic ring is 1. The van der Waals surface area contributed by atoms with Crippen molar-refractivity contribution in [2.24, 2.45) is 0 Å². The number of aromatic amines is 1. The van der Waals surface area contributed by atoms with Crippen molar-refractivity contribution < 1.29 is 23.5 Å². The molecule has 0 spiro atoms. The van der Waals surface area contributed by atoms with E-state index in [1.54, 1.807) is 38.3 Å². The zero-order chi connectivity index (χ0) is 21.3. The summed E-state index contributed by atoms with van der Waals surface area (Å²) in [7, 11) is -3.71. The minimum Gasteiger partial charge on any atom is -0.478 e. The van der Waals surface area contributed by atoms with E-state index in [-0.39, 0.29) is 41.4 Å². The number of rotatable bonds is 7. The second-order valence-electron chi connectivity index (χ2n) is 7.27. The maximum atomic E-state index is 13.3. The fourth-order valence-electron chi connectivity index (χ4n) is 3.15. The van der Waals surface area contributed by atoms with Gasteiger partial charge in [-0.05, 0) is 40.2 Å². The zero-order valence-electron chi connectivity index (χ0n) is 16.7. The number of H-pyrrole nitrogens is 1. The highest BCUT2D eigenvalue weighted by Crippen LogP contribution is 2.60. The standard InChI is InChI=1S/C17H26N5O6P/c1-9(2)27-29(25,28-10(3)4)13-6-5-11(12(7-23)26-13)22-8-19-14-15(22)20-17(18)21-16(14)24/h6,8-12,23H,5,7H2,1-4H3,(H3,18,20,21,24)/t11-,12-/m1/s1. The van der Waals surface area contributed by atoms with Crippen molar-refractivity contribution in [3.05, 3.63) is 28.3 Å². The summed E-state index contributed by atoms with van der Waals surface area (Å²) < 4.78 is 32.0. The van der Waals surface area contributed by atoms with Gasteiger partial charge in [-0.1, -0.05) is 0 Å². The molecule has 2 atom stereocenters. The first-order valence-electron chi connectivity index (χ1n) is 9.32. The second kappa shape index (κ2) is 8.27. The minimum absolute atomic E-state index is 0.0436. The molecule has 0 radical (unpaired) electrons. The van der Waals surface area contributed by atoms with Crippen LogP contribution in [-0.2, 0) is 18.3 Å². The Hall–Kier alpha value is -2.20. The second-order valence-corrected chi connectivity index (χ2v) is 9.12. The van der Waals surface area contributed by atoms with Crippen LogP contribution in [0.2, 0.25) is 0 Å². The number of ether oxygens (including phenoxy) is 1. The average molecular weight is 427 g/mol. The highest BCUT2D eigenvalue weighted by atomic mass is 31.2. The highest BCUT2D eigenvalue weighted by molar-refractivity contribution is 7.58. The summed E-state index contributed by atoms with van der Waals surface area (Å²) in [5.41, 5.74) is 5.65. The molecule has 0 unspecified atom stereocenters. The van der Waals surface area contributed by atoms with Gasteiger partial charge in [-0.2, -0.15) is 4.98 Å². The predicted molar refractivity (Wildman–Crippen MR) is 106 cm³/mol. The molecule has 2 aromatic heterocycles. The van der Waals surface area contributed by atoms with Crippen LogP contribution in [0.4, 0.5) is 5.95 Å². The van der Waals surface area contributed by atoms with Crippen LogP contribution in [0.3, 0.4) is 0 Å². The number of anilines is 1. The first-order valence-corrected chi connectivity index (χ1v) is 10.9. The number of aliphatic hydroxyl groups excluding tert-OH is 1. The lowest BCUT2D eigenvalue weighted by Gasteiger charge is -2.34. The van der Waals surface area contributed by atoms with Gasteiger partial charge in [0.25, 0.3) is 5.56 Å². The van der Waals surface area contributed by atoms with Crippen molar-refractivity contribution in [3.8, 4) is 0 Å². The Morgan fingerprint density at radius 3 is 2.62 bits per heavy atom. The first kappa shape index (κ1) is 21.5. The third-order valence-corrected chi connectivity index (χ3v) is 6.42. The predicted octanol–water partition coefficient (Wildman–Crippen LogP) is 1.91. The van der Waals surface area contributed by atoms with Crippen molar-refractivity contribution in [1.29, 1.82) is 0 Å². The van der Waals surface area contributed by atoms with Gasteiger partial charge in [0.1, 0.15) is 6.10 Å². The van der Waals surface area contributed by atoms with Gasteiger partial charge >= 0.3 is 7.60 Å². The van der Waals surface area contributed by atoms with Gasteiger partial charge in [0.2, 0.25) is 11.4 Å². The zero-order valence-corrected chi connectivity index (χ0v) is 17.6. The van der Waals surface area contributed by atoms with Gasteiger partial charge in [-0.25, -0.2) is 4.98 Å². The Labute approximate surface area is 167 Å². The maximum Gasteiger partial charge on any atom is 0.395 e. The van der Waals surface area contributed by atoms with Crippen LogP contribution in [0.1, 0.15) is 40.2 Å². The number of imidazole rings is 1. The summed E-state index contributed by atoms with van der Waals surface area (Å²) in [6, 6.07) is -0.450. The molecule has 2 aromatic rings. The number of aromatic nitrogens is 4. The molecule has 3 heterocycles. The molecule has 0 saturated carbocycles. The van der Waals surface area contributed by atoms with Gasteiger partial charge in [-0.3, -0.25) is 14.3 Å². The fourth-order valence-corrected chi connectivity index (χ4v) is 5.11. The summed E-state index contributed by atoms with van der Waals surface area (Å²) in [6.07, 6.45) is 1.89. The summed E-state index contributed by atoms with van der Waals surface area (Å²) in [5.74, 6) is -0.0436. The Bertz CT molecular complexity index is 999. The number of nitrogens with one attached hydrogen (secondary N) is 1. The molecule has 1 aliphatic rings. The van der Waals surface area contributed by atoms with Crippen LogP contribution in [-0.4, -0.2) is 49.5 Å². The number of fused-ring (bicyclic) bond motifs is 1. The van der Waals surface area contributed by atoms with Crippen molar-refractivity contribution in [2.45, 2.75) is 58.5 Å². The van der Waals surface area contributed by atoms with Crippen molar-refractivity contribution in [1.82, 2.24) is 19.5 Å². The molecular formula is C17H26N5O6P. The maximum absolute atomic E-state index is 13.3. The molecule has 0 aliphatic carbocycles. The number of hydrogen-bond acceptors (Lipinski definition) is 9. The molecule has 29 heavy (non-hydrogen) atoms. The molecule has 0 saturated heterocycles. The number of aliphatic hydroxyl groups is 1. The van der Waals surface area contributed by atoms with E-state index < -0.39 is 25.3 Å². The molecule has 0 amide bonds. The molecule has 11 nitrogen and oxygen atoms in total. The molecular weight excluding hydrogens is 401 g/mol. The normalized spacial score (nSPS) is 20.3. The molecule has 160 valence electrons. The molecule has 3 rings (SSSR count). The Morgan fingerprint density at radius 2 is 2.03 bits per heavy atom. The van der Waals surface area contributed by atoms with E-state index in [4.69, 9.17) is 19.5 Å². The summed E-state index contributed by atoms with van der Waals surface area (Å²) in [5, 5.41) is 9.92. The van der Waals surface area contributed by atoms with E-state index in [9.17, 15) is 14.5 Å². The summed E-state index contributed by atoms with van der Waals surface area (Å²) in [6.45, 7) is 6.62. The largest absolute Gasteiger partial charge is 0.478 e. The molecule has 12 heteroatoms. The van der Waals surface area contributed by atoms with E-state index in [0.717, 1.165) is 0 Å². The smallest absolute Gasteiger partial charge is 0.395 e. The van der Waals surface area contributed by atoms with Crippen LogP contribution in [0.25, 0.3) is 11.2 Å². The van der Waals surface area contributed by atoms with Crippen LogP contribution in [0, 0.1) is 0 Å². The third kappa shape index (κ3) is 4.37. The fraction of sp³-hybridized carbons (Fsp3) is 0.588. The number of hydrogen-bond donors (Lipinski definition) is 3. The Balaban J connectivity index is 1.98. The van der Waals surface area contributed by atoms with Gasteiger partial charge < -0.3 is 29.2 Å². The summed E-state index contributed by atoms with van der Waals surface area (Å²) in [4.78, 5) is 22.6. The molecule has 1 aliphatic heterocycles. The van der Waals surface area contributed by atoms with Crippen LogP contribution in [0.15, 0.2) is 22.7 Å². The lowest BCUT2D eigenvalue weighted by molar-refractivity contribution is 0.0121. The molecule has 0 bridgehead atoms. The van der Waals surface area contributed by atoms with E-state index in [1.165, 1.54) is 6.33 Å². The van der Waals surface area contributed by atoms with E-state index in [0.29, 0.717) is 6.42 Å². The van der Waals surface area contributed by atoms with Crippen molar-refractivity contribution in [3.63, 3.8) is 0 Å². The Kier molecular flexibility index (Phi) is 6.13. The molecule has 0 fully saturated rings. The van der Waals surface area contributed by atoms with E-state index >= 15 is 0 Å². The topological polar surface area (TPSA) is 155 Å². The average Bonchev–Trinajstić information content (AvgIpc) is 3.03. The van der Waals surface area contributed by atoms with Gasteiger partial charge in [0.05, 0.1) is 31.2 Å². The SMILES string of the molecule is CC(C)OP(=O)(OC(C)C)C1=CC[C@@H](n2cnc3c(=O)[nH]c(N)nc32)[C@@H](CO)O1. The molecule has 0 aromatic carbocycles. The van der Waals surface area contributed by atoms with Gasteiger partial charge in [0, 0.05) is 0 Å². The number of nitrogens with zero attached hydrogens (tertiary/aromatic N) is 3. The van der Waals surface area contributed by atoms with Crippen LogP contribution >= 0.6 is 7.60 Å². The van der Waals surface area contributed by atoms with E-state index in [2.05, 4.69) is 15.0 Å². The monoisotopic (exact) mass is 427 g/mol.